The van der Waals surface area contributed by atoms with E-state index in [1.54, 1.807) is 48.5 Å². The molecule has 0 saturated heterocycles. The van der Waals surface area contributed by atoms with Gasteiger partial charge in [0.25, 0.3) is 0 Å². The number of nitrogens with one attached hydrogen (secondary N) is 3. The van der Waals surface area contributed by atoms with Gasteiger partial charge in [-0.1, -0.05) is 30.3 Å². The van der Waals surface area contributed by atoms with Crippen molar-refractivity contribution in [3.05, 3.63) is 65.7 Å². The maximum Gasteiger partial charge on any atom is 0.425 e. The first-order chi connectivity index (χ1) is 11.1. The first-order valence-electron chi connectivity index (χ1n) is 6.71. The average molecular weight is 313 g/mol. The van der Waals surface area contributed by atoms with E-state index in [9.17, 15) is 14.4 Å². The van der Waals surface area contributed by atoms with E-state index in [1.807, 2.05) is 11.5 Å². The SMILES string of the molecule is COC(=O)NNC(=O)Nc1ccc(C(=O)c2ccccc2)cc1. The largest absolute Gasteiger partial charge is 0.452 e. The number of carbonyl (C=O) groups excluding carboxylic acids is 3. The number of rotatable bonds is 3. The highest BCUT2D eigenvalue weighted by atomic mass is 16.5. The zero-order valence-corrected chi connectivity index (χ0v) is 12.3. The summed E-state index contributed by atoms with van der Waals surface area (Å²) >= 11 is 0. The van der Waals surface area contributed by atoms with Crippen LogP contribution >= 0.6 is 0 Å². The van der Waals surface area contributed by atoms with Crippen molar-refractivity contribution in [1.29, 1.82) is 0 Å². The Balaban J connectivity index is 1.96. The van der Waals surface area contributed by atoms with E-state index >= 15 is 0 Å². The predicted molar refractivity (Wildman–Crippen MR) is 84.0 cm³/mol. The fourth-order valence-corrected chi connectivity index (χ4v) is 1.78. The molecule has 0 radical (unpaired) electrons. The van der Waals surface area contributed by atoms with Gasteiger partial charge < -0.3 is 10.1 Å². The van der Waals surface area contributed by atoms with E-state index in [1.165, 1.54) is 7.11 Å². The fourth-order valence-electron chi connectivity index (χ4n) is 1.78. The quantitative estimate of drug-likeness (QED) is 0.598. The summed E-state index contributed by atoms with van der Waals surface area (Å²) in [6.45, 7) is 0. The van der Waals surface area contributed by atoms with E-state index < -0.39 is 12.1 Å². The summed E-state index contributed by atoms with van der Waals surface area (Å²) in [6, 6.07) is 14.7. The standard InChI is InChI=1S/C16H15N3O4/c1-23-16(22)19-18-15(21)17-13-9-7-12(8-10-13)14(20)11-5-3-2-4-6-11/h2-10H,1H3,(H,19,22)(H2,17,18,21). The molecule has 3 N–H and O–H groups in total. The Kier molecular flexibility index (Phi) is 5.30. The smallest absolute Gasteiger partial charge is 0.425 e. The number of urea groups is 1. The minimum atomic E-state index is -0.788. The normalized spacial score (nSPS) is 9.61. The summed E-state index contributed by atoms with van der Waals surface area (Å²) in [6.07, 6.45) is -0.788. The summed E-state index contributed by atoms with van der Waals surface area (Å²) in [5.74, 6) is -0.103. The van der Waals surface area contributed by atoms with Crippen LogP contribution in [0, 0.1) is 0 Å². The molecule has 0 fully saturated rings. The first-order valence-corrected chi connectivity index (χ1v) is 6.71. The Labute approximate surface area is 132 Å². The molecule has 0 bridgehead atoms. The lowest BCUT2D eigenvalue weighted by molar-refractivity contribution is 0.103. The van der Waals surface area contributed by atoms with Crippen molar-refractivity contribution >= 4 is 23.6 Å². The van der Waals surface area contributed by atoms with Crippen LogP contribution in [0.1, 0.15) is 15.9 Å². The third kappa shape index (κ3) is 4.57. The van der Waals surface area contributed by atoms with E-state index in [4.69, 9.17) is 0 Å². The molecule has 0 aliphatic heterocycles. The van der Waals surface area contributed by atoms with Crippen LogP contribution in [-0.2, 0) is 4.74 Å². The molecule has 0 spiro atoms. The average Bonchev–Trinajstić information content (AvgIpc) is 2.60. The summed E-state index contributed by atoms with van der Waals surface area (Å²) in [5, 5.41) is 2.50. The van der Waals surface area contributed by atoms with Gasteiger partial charge in [0.1, 0.15) is 0 Å². The molecular weight excluding hydrogens is 298 g/mol. The third-order valence-corrected chi connectivity index (χ3v) is 2.90. The molecule has 7 nitrogen and oxygen atoms in total. The molecule has 23 heavy (non-hydrogen) atoms. The van der Waals surface area contributed by atoms with Crippen molar-refractivity contribution in [2.45, 2.75) is 0 Å². The highest BCUT2D eigenvalue weighted by Crippen LogP contribution is 2.13. The highest BCUT2D eigenvalue weighted by Gasteiger charge is 2.09. The van der Waals surface area contributed by atoms with Crippen LogP contribution in [-0.4, -0.2) is 25.0 Å². The lowest BCUT2D eigenvalue weighted by Gasteiger charge is -2.08. The number of anilines is 1. The van der Waals surface area contributed by atoms with Crippen LogP contribution in [0.2, 0.25) is 0 Å². The minimum absolute atomic E-state index is 0.103. The number of ketones is 1. The highest BCUT2D eigenvalue weighted by molar-refractivity contribution is 6.09. The second kappa shape index (κ2) is 7.60. The fraction of sp³-hybridized carbons (Fsp3) is 0.0625. The number of benzene rings is 2. The van der Waals surface area contributed by atoms with Crippen molar-refractivity contribution in [2.24, 2.45) is 0 Å². The zero-order chi connectivity index (χ0) is 16.7. The van der Waals surface area contributed by atoms with Crippen LogP contribution in [0.25, 0.3) is 0 Å². The maximum absolute atomic E-state index is 12.2. The molecule has 2 aromatic rings. The van der Waals surface area contributed by atoms with Crippen molar-refractivity contribution in [3.8, 4) is 0 Å². The summed E-state index contributed by atoms with van der Waals surface area (Å²) < 4.78 is 4.30. The van der Waals surface area contributed by atoms with E-state index in [0.29, 0.717) is 16.8 Å². The minimum Gasteiger partial charge on any atom is -0.452 e. The Morgan fingerprint density at radius 2 is 1.43 bits per heavy atom. The molecule has 2 rings (SSSR count). The number of methoxy groups -OCH3 is 1. The molecule has 7 heteroatoms. The predicted octanol–water partition coefficient (Wildman–Crippen LogP) is 2.31. The molecule has 0 unspecified atom stereocenters. The zero-order valence-electron chi connectivity index (χ0n) is 12.3. The number of hydrogen-bond donors (Lipinski definition) is 3. The molecule has 0 atom stereocenters. The lowest BCUT2D eigenvalue weighted by Crippen LogP contribution is -2.43. The van der Waals surface area contributed by atoms with E-state index in [-0.39, 0.29) is 5.78 Å². The molecule has 0 aromatic heterocycles. The number of amides is 3. The van der Waals surface area contributed by atoms with Gasteiger partial charge in [-0.15, -0.1) is 0 Å². The third-order valence-electron chi connectivity index (χ3n) is 2.90. The maximum atomic E-state index is 12.2. The molecule has 0 aliphatic carbocycles. The summed E-state index contributed by atoms with van der Waals surface area (Å²) in [4.78, 5) is 34.6. The van der Waals surface area contributed by atoms with Crippen molar-refractivity contribution in [2.75, 3.05) is 12.4 Å². The van der Waals surface area contributed by atoms with Crippen molar-refractivity contribution in [3.63, 3.8) is 0 Å². The molecule has 0 saturated carbocycles. The van der Waals surface area contributed by atoms with Gasteiger partial charge in [0.2, 0.25) is 0 Å². The van der Waals surface area contributed by atoms with Gasteiger partial charge in [-0.2, -0.15) is 0 Å². The van der Waals surface area contributed by atoms with Gasteiger partial charge >= 0.3 is 12.1 Å². The number of hydrogen-bond acceptors (Lipinski definition) is 4. The van der Waals surface area contributed by atoms with E-state index in [0.717, 1.165) is 0 Å². The van der Waals surface area contributed by atoms with Crippen LogP contribution in [0.3, 0.4) is 0 Å². The second-order valence-electron chi connectivity index (χ2n) is 4.47. The van der Waals surface area contributed by atoms with Crippen molar-refractivity contribution < 1.29 is 19.1 Å². The van der Waals surface area contributed by atoms with Gasteiger partial charge in [-0.25, -0.2) is 20.4 Å². The van der Waals surface area contributed by atoms with E-state index in [2.05, 4.69) is 15.5 Å². The summed E-state index contributed by atoms with van der Waals surface area (Å²) in [7, 11) is 1.18. The van der Waals surface area contributed by atoms with Gasteiger partial charge in [-0.05, 0) is 24.3 Å². The van der Waals surface area contributed by atoms with Gasteiger partial charge in [0.05, 0.1) is 7.11 Å². The number of carbonyl (C=O) groups is 3. The molecule has 3 amide bonds. The molecule has 118 valence electrons. The first kappa shape index (κ1) is 16.0. The lowest BCUT2D eigenvalue weighted by atomic mass is 10.0. The van der Waals surface area contributed by atoms with Crippen LogP contribution in [0.4, 0.5) is 15.3 Å². The van der Waals surface area contributed by atoms with Crippen LogP contribution < -0.4 is 16.2 Å². The summed E-state index contributed by atoms with van der Waals surface area (Å²) in [5.41, 5.74) is 5.70. The van der Waals surface area contributed by atoms with Gasteiger partial charge in [-0.3, -0.25) is 4.79 Å². The topological polar surface area (TPSA) is 96.5 Å². The molecule has 0 heterocycles. The monoisotopic (exact) mass is 313 g/mol. The van der Waals surface area contributed by atoms with Crippen molar-refractivity contribution in [1.82, 2.24) is 10.9 Å². The Hall–Kier alpha value is -3.35. The molecular formula is C16H15N3O4. The second-order valence-corrected chi connectivity index (χ2v) is 4.47. The molecule has 2 aromatic carbocycles. The van der Waals surface area contributed by atoms with Gasteiger partial charge in [0.15, 0.2) is 5.78 Å². The van der Waals surface area contributed by atoms with Crippen LogP contribution in [0.5, 0.6) is 0 Å². The Morgan fingerprint density at radius 1 is 0.826 bits per heavy atom. The number of ether oxygens (including phenoxy) is 1. The van der Waals surface area contributed by atoms with Gasteiger partial charge in [0, 0.05) is 16.8 Å². The number of hydrazine groups is 1. The Bertz CT molecular complexity index is 699. The molecule has 0 aliphatic rings. The Morgan fingerprint density at radius 3 is 2.04 bits per heavy atom. The van der Waals surface area contributed by atoms with Crippen LogP contribution in [0.15, 0.2) is 54.6 Å².